The van der Waals surface area contributed by atoms with Crippen molar-refractivity contribution in [3.63, 3.8) is 0 Å². The maximum Gasteiger partial charge on any atom is 0.320 e. The lowest BCUT2D eigenvalue weighted by Gasteiger charge is -2.47. The largest absolute Gasteiger partial charge is 0.488 e. The van der Waals surface area contributed by atoms with E-state index < -0.39 is 23.0 Å². The van der Waals surface area contributed by atoms with E-state index in [0.717, 1.165) is 46.9 Å². The standard InChI is InChI=1S/C38H41BrClN3O5/c1-37(2)31(29-10-4-3-5-11-29)12-8-14-38(37,48-17-9-15-39)26-47-35-20-34(46-25-28-18-27(21-41)22-42-23-28)30(19-32(35)40)24-43-16-7-6-13-33(43)36(44)45/h3-5,8,10-12,14,18-20,22-23,33H,6-7,9,13,15-17,24-26H2,1-2H3,(H,44,45)/t33-,38?/m0/s1. The number of hydrogen-bond acceptors (Lipinski definition) is 7. The second-order valence-electron chi connectivity index (χ2n) is 12.7. The molecule has 0 saturated carbocycles. The minimum absolute atomic E-state index is 0.152. The summed E-state index contributed by atoms with van der Waals surface area (Å²) < 4.78 is 19.6. The molecular weight excluding hydrogens is 694 g/mol. The Morgan fingerprint density at radius 2 is 1.96 bits per heavy atom. The minimum Gasteiger partial charge on any atom is -0.488 e. The number of hydrogen-bond donors (Lipinski definition) is 1. The van der Waals surface area contributed by atoms with Crippen LogP contribution in [0.15, 0.2) is 79.2 Å². The molecule has 3 aromatic rings. The summed E-state index contributed by atoms with van der Waals surface area (Å²) in [6.45, 7) is 6.22. The molecule has 10 heteroatoms. The molecule has 2 heterocycles. The number of nitriles is 1. The number of rotatable bonds is 14. The Labute approximate surface area is 296 Å². The smallest absolute Gasteiger partial charge is 0.320 e. The zero-order valence-corrected chi connectivity index (χ0v) is 29.7. The Morgan fingerprint density at radius 3 is 2.71 bits per heavy atom. The molecule has 0 amide bonds. The van der Waals surface area contributed by atoms with Gasteiger partial charge in [0.1, 0.15) is 42.4 Å². The Balaban J connectivity index is 1.46. The number of benzene rings is 2. The van der Waals surface area contributed by atoms with E-state index in [1.165, 1.54) is 6.20 Å². The van der Waals surface area contributed by atoms with Gasteiger partial charge in [-0.25, -0.2) is 0 Å². The normalized spacial score (nSPS) is 20.5. The fourth-order valence-corrected chi connectivity index (χ4v) is 6.89. The Kier molecular flexibility index (Phi) is 12.0. The van der Waals surface area contributed by atoms with Gasteiger partial charge < -0.3 is 19.3 Å². The molecule has 8 nitrogen and oxygen atoms in total. The fraction of sp³-hybridized carbons (Fsp3) is 0.395. The lowest BCUT2D eigenvalue weighted by molar-refractivity contribution is -0.144. The number of carboxylic acid groups (broad SMARTS) is 1. The van der Waals surface area contributed by atoms with Crippen molar-refractivity contribution >= 4 is 39.1 Å². The van der Waals surface area contributed by atoms with E-state index in [0.29, 0.717) is 48.2 Å². The van der Waals surface area contributed by atoms with Crippen LogP contribution in [0.3, 0.4) is 0 Å². The van der Waals surface area contributed by atoms with E-state index in [-0.39, 0.29) is 13.2 Å². The molecule has 252 valence electrons. The number of carbonyl (C=O) groups is 1. The number of aromatic nitrogens is 1. The molecule has 0 radical (unpaired) electrons. The van der Waals surface area contributed by atoms with Gasteiger partial charge in [0.2, 0.25) is 0 Å². The summed E-state index contributed by atoms with van der Waals surface area (Å²) >= 11 is 10.5. The van der Waals surface area contributed by atoms with Gasteiger partial charge in [-0.15, -0.1) is 0 Å². The maximum absolute atomic E-state index is 12.1. The second-order valence-corrected chi connectivity index (χ2v) is 13.9. The number of likely N-dealkylation sites (tertiary alicyclic amines) is 1. The summed E-state index contributed by atoms with van der Waals surface area (Å²) in [4.78, 5) is 18.2. The van der Waals surface area contributed by atoms with Gasteiger partial charge in [-0.2, -0.15) is 5.26 Å². The molecule has 5 rings (SSSR count). The van der Waals surface area contributed by atoms with Crippen LogP contribution in [0, 0.1) is 16.7 Å². The quantitative estimate of drug-likeness (QED) is 0.131. The SMILES string of the molecule is CC1(C)C(c2ccccc2)=CC=CC1(COc1cc(OCc2cncc(C#N)c2)c(CN2CCCC[C@H]2C(=O)O)cc1Cl)OCCCBr. The molecule has 1 aliphatic carbocycles. The van der Waals surface area contributed by atoms with Gasteiger partial charge in [0.15, 0.2) is 0 Å². The molecular formula is C38H41BrClN3O5. The molecule has 1 unspecified atom stereocenters. The maximum atomic E-state index is 12.1. The molecule has 1 fully saturated rings. The lowest BCUT2D eigenvalue weighted by Crippen LogP contribution is -2.52. The zero-order valence-electron chi connectivity index (χ0n) is 27.3. The van der Waals surface area contributed by atoms with Gasteiger partial charge in [-0.3, -0.25) is 14.7 Å². The number of allylic oxidation sites excluding steroid dienone is 2. The van der Waals surface area contributed by atoms with E-state index in [1.54, 1.807) is 24.4 Å². The first-order valence-corrected chi connectivity index (χ1v) is 17.7. The number of ether oxygens (including phenoxy) is 3. The van der Waals surface area contributed by atoms with Crippen molar-refractivity contribution < 1.29 is 24.1 Å². The van der Waals surface area contributed by atoms with Gasteiger partial charge in [-0.05, 0) is 55.2 Å². The first-order valence-electron chi connectivity index (χ1n) is 16.2. The van der Waals surface area contributed by atoms with E-state index in [4.69, 9.17) is 25.8 Å². The molecule has 2 atom stereocenters. The van der Waals surface area contributed by atoms with Crippen LogP contribution in [0.1, 0.15) is 61.8 Å². The van der Waals surface area contributed by atoms with Crippen molar-refractivity contribution in [2.75, 3.05) is 25.1 Å². The van der Waals surface area contributed by atoms with E-state index in [1.807, 2.05) is 29.2 Å². The van der Waals surface area contributed by atoms with Crippen molar-refractivity contribution in [1.29, 1.82) is 5.26 Å². The number of piperidine rings is 1. The monoisotopic (exact) mass is 733 g/mol. The third kappa shape index (κ3) is 8.12. The average Bonchev–Trinajstić information content (AvgIpc) is 3.09. The summed E-state index contributed by atoms with van der Waals surface area (Å²) in [6, 6.07) is 17.1. The van der Waals surface area contributed by atoms with Crippen molar-refractivity contribution in [3.8, 4) is 17.6 Å². The van der Waals surface area contributed by atoms with Crippen molar-refractivity contribution in [2.45, 2.75) is 64.3 Å². The number of alkyl halides is 1. The van der Waals surface area contributed by atoms with Crippen LogP contribution in [0.4, 0.5) is 0 Å². The zero-order chi connectivity index (χ0) is 34.1. The van der Waals surface area contributed by atoms with Crippen LogP contribution in [-0.2, 0) is 22.7 Å². The molecule has 0 bridgehead atoms. The number of aliphatic carboxylic acids is 1. The molecule has 1 N–H and O–H groups in total. The number of nitrogens with zero attached hydrogens (tertiary/aromatic N) is 3. The van der Waals surface area contributed by atoms with E-state index >= 15 is 0 Å². The van der Waals surface area contributed by atoms with Crippen molar-refractivity contribution in [2.24, 2.45) is 5.41 Å². The fourth-order valence-electron chi connectivity index (χ4n) is 6.42. The highest BCUT2D eigenvalue weighted by Gasteiger charge is 2.49. The highest BCUT2D eigenvalue weighted by molar-refractivity contribution is 9.09. The van der Waals surface area contributed by atoms with E-state index in [2.05, 4.69) is 65.1 Å². The predicted octanol–water partition coefficient (Wildman–Crippen LogP) is 8.22. The molecule has 1 saturated heterocycles. The topological polar surface area (TPSA) is 105 Å². The Bertz CT molecular complexity index is 1690. The molecule has 0 spiro atoms. The second kappa shape index (κ2) is 16.1. The minimum atomic E-state index is -0.833. The average molecular weight is 735 g/mol. The summed E-state index contributed by atoms with van der Waals surface area (Å²) in [7, 11) is 0. The number of halogens is 2. The number of pyridine rings is 1. The molecule has 2 aromatic carbocycles. The van der Waals surface area contributed by atoms with Crippen LogP contribution >= 0.6 is 27.5 Å². The van der Waals surface area contributed by atoms with Crippen LogP contribution in [-0.4, -0.2) is 57.7 Å². The lowest BCUT2D eigenvalue weighted by atomic mass is 9.65. The van der Waals surface area contributed by atoms with Gasteiger partial charge in [0.25, 0.3) is 0 Å². The first kappa shape index (κ1) is 35.6. The third-order valence-corrected chi connectivity index (χ3v) is 10.1. The summed E-state index contributed by atoms with van der Waals surface area (Å²) in [5.74, 6) is 0.111. The van der Waals surface area contributed by atoms with Crippen LogP contribution < -0.4 is 9.47 Å². The van der Waals surface area contributed by atoms with Gasteiger partial charge in [0.05, 0.1) is 10.6 Å². The molecule has 1 aromatic heterocycles. The van der Waals surface area contributed by atoms with Gasteiger partial charge in [-0.1, -0.05) is 90.3 Å². The van der Waals surface area contributed by atoms with Crippen molar-refractivity contribution in [1.82, 2.24) is 9.88 Å². The Morgan fingerprint density at radius 1 is 1.15 bits per heavy atom. The third-order valence-electron chi connectivity index (χ3n) is 9.23. The summed E-state index contributed by atoms with van der Waals surface area (Å²) in [5.41, 5.74) is 2.88. The summed E-state index contributed by atoms with van der Waals surface area (Å²) in [6.07, 6.45) is 12.6. The molecule has 48 heavy (non-hydrogen) atoms. The van der Waals surface area contributed by atoms with Gasteiger partial charge >= 0.3 is 5.97 Å². The Hall–Kier alpha value is -3.68. The summed E-state index contributed by atoms with van der Waals surface area (Å²) in [5, 5.41) is 20.5. The van der Waals surface area contributed by atoms with Gasteiger partial charge in [0, 0.05) is 53.5 Å². The van der Waals surface area contributed by atoms with Crippen LogP contribution in [0.25, 0.3) is 5.57 Å². The highest BCUT2D eigenvalue weighted by atomic mass is 79.9. The molecule has 2 aliphatic rings. The highest BCUT2D eigenvalue weighted by Crippen LogP contribution is 2.49. The predicted molar refractivity (Wildman–Crippen MR) is 190 cm³/mol. The molecule has 1 aliphatic heterocycles. The van der Waals surface area contributed by atoms with Crippen molar-refractivity contribution in [3.05, 3.63) is 106 Å². The van der Waals surface area contributed by atoms with E-state index in [9.17, 15) is 15.2 Å². The van der Waals surface area contributed by atoms with Crippen LogP contribution in [0.5, 0.6) is 11.5 Å². The van der Waals surface area contributed by atoms with Crippen LogP contribution in [0.2, 0.25) is 5.02 Å². The number of carboxylic acids is 1. The first-order chi connectivity index (χ1) is 23.2.